The van der Waals surface area contributed by atoms with Crippen LogP contribution >= 0.6 is 0 Å². The second-order valence-corrected chi connectivity index (χ2v) is 6.86. The lowest BCUT2D eigenvalue weighted by Gasteiger charge is -2.14. The fourth-order valence-corrected chi connectivity index (χ4v) is 3.25. The molecule has 2 aromatic carbocycles. The molecule has 28 heavy (non-hydrogen) atoms. The van der Waals surface area contributed by atoms with Crippen molar-refractivity contribution >= 4 is 17.6 Å². The molecule has 6 nitrogen and oxygen atoms in total. The van der Waals surface area contributed by atoms with Gasteiger partial charge in [0.25, 0.3) is 5.91 Å². The van der Waals surface area contributed by atoms with E-state index in [2.05, 4.69) is 5.10 Å². The van der Waals surface area contributed by atoms with E-state index in [0.29, 0.717) is 18.7 Å². The van der Waals surface area contributed by atoms with Gasteiger partial charge in [0, 0.05) is 6.42 Å². The van der Waals surface area contributed by atoms with E-state index in [9.17, 15) is 9.59 Å². The standard InChI is InChI=1S/C22H24N2O4/c1-15-11-16(2)22(17(3)12-15)28-14-21(26)27-13-20(25)24-10-9-19(23-24)18-7-5-4-6-8-18/h4-8,11-12H,9-10,13-14H2,1-3H3. The molecular formula is C22H24N2O4. The molecule has 1 aliphatic heterocycles. The molecule has 0 bridgehead atoms. The number of amides is 1. The van der Waals surface area contributed by atoms with E-state index in [0.717, 1.165) is 28.0 Å². The third kappa shape index (κ3) is 4.76. The largest absolute Gasteiger partial charge is 0.481 e. The van der Waals surface area contributed by atoms with Gasteiger partial charge in [0.1, 0.15) is 5.75 Å². The lowest BCUT2D eigenvalue weighted by atomic mass is 10.1. The molecule has 0 atom stereocenters. The lowest BCUT2D eigenvalue weighted by molar-refractivity contribution is -0.153. The number of nitrogens with zero attached hydrogens (tertiary/aromatic N) is 2. The zero-order valence-corrected chi connectivity index (χ0v) is 16.4. The first-order chi connectivity index (χ1) is 13.4. The van der Waals surface area contributed by atoms with E-state index in [-0.39, 0.29) is 19.1 Å². The Balaban J connectivity index is 1.49. The Morgan fingerprint density at radius 3 is 2.39 bits per heavy atom. The van der Waals surface area contributed by atoms with Crippen LogP contribution in [-0.2, 0) is 14.3 Å². The van der Waals surface area contributed by atoms with Crippen molar-refractivity contribution in [2.75, 3.05) is 19.8 Å². The van der Waals surface area contributed by atoms with Gasteiger partial charge in [0.2, 0.25) is 0 Å². The summed E-state index contributed by atoms with van der Waals surface area (Å²) in [6.07, 6.45) is 0.679. The number of hydrogen-bond donors (Lipinski definition) is 0. The maximum Gasteiger partial charge on any atom is 0.344 e. The molecule has 0 radical (unpaired) electrons. The highest BCUT2D eigenvalue weighted by molar-refractivity contribution is 6.02. The van der Waals surface area contributed by atoms with Crippen LogP contribution in [0.2, 0.25) is 0 Å². The van der Waals surface area contributed by atoms with Gasteiger partial charge in [0.05, 0.1) is 12.3 Å². The SMILES string of the molecule is Cc1cc(C)c(OCC(=O)OCC(=O)N2CCC(c3ccccc3)=N2)c(C)c1. The molecule has 0 fully saturated rings. The van der Waals surface area contributed by atoms with Crippen LogP contribution in [0.25, 0.3) is 0 Å². The molecule has 1 heterocycles. The minimum absolute atomic E-state index is 0.240. The zero-order chi connectivity index (χ0) is 20.1. The number of hydrogen-bond acceptors (Lipinski definition) is 5. The van der Waals surface area contributed by atoms with Gasteiger partial charge < -0.3 is 9.47 Å². The Morgan fingerprint density at radius 1 is 1.04 bits per heavy atom. The fraction of sp³-hybridized carbons (Fsp3) is 0.318. The van der Waals surface area contributed by atoms with Crippen LogP contribution in [0.3, 0.4) is 0 Å². The maximum absolute atomic E-state index is 12.2. The van der Waals surface area contributed by atoms with Gasteiger partial charge in [0.15, 0.2) is 13.2 Å². The molecule has 0 unspecified atom stereocenters. The van der Waals surface area contributed by atoms with Crippen molar-refractivity contribution < 1.29 is 19.1 Å². The molecule has 2 aromatic rings. The molecule has 6 heteroatoms. The van der Waals surface area contributed by atoms with E-state index >= 15 is 0 Å². The van der Waals surface area contributed by atoms with Crippen molar-refractivity contribution in [2.24, 2.45) is 5.10 Å². The summed E-state index contributed by atoms with van der Waals surface area (Å²) in [6.45, 7) is 5.77. The Kier molecular flexibility index (Phi) is 6.09. The third-order valence-electron chi connectivity index (χ3n) is 4.49. The van der Waals surface area contributed by atoms with Crippen molar-refractivity contribution in [3.8, 4) is 5.75 Å². The van der Waals surface area contributed by atoms with Crippen LogP contribution in [0.4, 0.5) is 0 Å². The highest BCUT2D eigenvalue weighted by Gasteiger charge is 2.22. The van der Waals surface area contributed by atoms with Gasteiger partial charge in [-0.1, -0.05) is 48.0 Å². The van der Waals surface area contributed by atoms with Gasteiger partial charge in [-0.2, -0.15) is 5.10 Å². The maximum atomic E-state index is 12.2. The van der Waals surface area contributed by atoms with Crippen LogP contribution in [0.15, 0.2) is 47.6 Å². The second-order valence-electron chi connectivity index (χ2n) is 6.86. The molecule has 0 N–H and O–H groups in total. The van der Waals surface area contributed by atoms with Crippen molar-refractivity contribution in [2.45, 2.75) is 27.2 Å². The molecule has 0 spiro atoms. The van der Waals surface area contributed by atoms with Crippen molar-refractivity contribution in [1.82, 2.24) is 5.01 Å². The summed E-state index contributed by atoms with van der Waals surface area (Å²) in [5, 5.41) is 5.69. The van der Waals surface area contributed by atoms with Crippen LogP contribution in [0.1, 0.15) is 28.7 Å². The minimum atomic E-state index is -0.584. The molecule has 0 aliphatic carbocycles. The molecule has 0 aromatic heterocycles. The molecule has 1 aliphatic rings. The summed E-state index contributed by atoms with van der Waals surface area (Å²) < 4.78 is 10.6. The number of rotatable bonds is 6. The van der Waals surface area contributed by atoms with Crippen molar-refractivity contribution in [1.29, 1.82) is 0 Å². The van der Waals surface area contributed by atoms with E-state index in [4.69, 9.17) is 9.47 Å². The normalized spacial score (nSPS) is 13.2. The van der Waals surface area contributed by atoms with Crippen molar-refractivity contribution in [3.63, 3.8) is 0 Å². The molecule has 146 valence electrons. The van der Waals surface area contributed by atoms with Gasteiger partial charge in [-0.3, -0.25) is 4.79 Å². The van der Waals surface area contributed by atoms with Crippen LogP contribution in [-0.4, -0.2) is 42.4 Å². The topological polar surface area (TPSA) is 68.2 Å². The molecule has 1 amide bonds. The summed E-state index contributed by atoms with van der Waals surface area (Å²) in [6, 6.07) is 13.7. The highest BCUT2D eigenvalue weighted by Crippen LogP contribution is 2.24. The summed E-state index contributed by atoms with van der Waals surface area (Å²) >= 11 is 0. The lowest BCUT2D eigenvalue weighted by Crippen LogP contribution is -2.30. The van der Waals surface area contributed by atoms with Crippen LogP contribution < -0.4 is 4.74 Å². The van der Waals surface area contributed by atoms with E-state index in [1.807, 2.05) is 63.2 Å². The molecule has 3 rings (SSSR count). The highest BCUT2D eigenvalue weighted by atomic mass is 16.6. The van der Waals surface area contributed by atoms with Gasteiger partial charge in [-0.15, -0.1) is 0 Å². The van der Waals surface area contributed by atoms with Gasteiger partial charge in [-0.05, 0) is 37.5 Å². The minimum Gasteiger partial charge on any atom is -0.481 e. The monoisotopic (exact) mass is 380 g/mol. The fourth-order valence-electron chi connectivity index (χ4n) is 3.25. The van der Waals surface area contributed by atoms with Gasteiger partial charge in [-0.25, -0.2) is 9.80 Å². The Hall–Kier alpha value is -3.15. The van der Waals surface area contributed by atoms with E-state index < -0.39 is 5.97 Å². The summed E-state index contributed by atoms with van der Waals surface area (Å²) in [4.78, 5) is 24.2. The first kappa shape index (κ1) is 19.6. The van der Waals surface area contributed by atoms with E-state index in [1.165, 1.54) is 5.01 Å². The zero-order valence-electron chi connectivity index (χ0n) is 16.4. The van der Waals surface area contributed by atoms with E-state index in [1.54, 1.807) is 0 Å². The van der Waals surface area contributed by atoms with Gasteiger partial charge >= 0.3 is 5.97 Å². The molecule has 0 saturated heterocycles. The number of esters is 1. The summed E-state index contributed by atoms with van der Waals surface area (Å²) in [5.74, 6) is -0.258. The van der Waals surface area contributed by atoms with Crippen LogP contribution in [0, 0.1) is 20.8 Å². The number of hydrazone groups is 1. The van der Waals surface area contributed by atoms with Crippen LogP contribution in [0.5, 0.6) is 5.75 Å². The summed E-state index contributed by atoms with van der Waals surface area (Å²) in [7, 11) is 0. The van der Waals surface area contributed by atoms with Crippen molar-refractivity contribution in [3.05, 3.63) is 64.7 Å². The Morgan fingerprint density at radius 2 is 1.71 bits per heavy atom. The smallest absolute Gasteiger partial charge is 0.344 e. The number of carbonyl (C=O) groups is 2. The Bertz CT molecular complexity index is 883. The number of benzene rings is 2. The molecular weight excluding hydrogens is 356 g/mol. The quantitative estimate of drug-likeness (QED) is 0.722. The Labute approximate surface area is 164 Å². The summed E-state index contributed by atoms with van der Waals surface area (Å²) in [5.41, 5.74) is 4.90. The first-order valence-electron chi connectivity index (χ1n) is 9.23. The number of aryl methyl sites for hydroxylation is 3. The average molecular weight is 380 g/mol. The predicted octanol–water partition coefficient (Wildman–Crippen LogP) is 3.17. The second kappa shape index (κ2) is 8.69. The third-order valence-corrected chi connectivity index (χ3v) is 4.49. The number of carbonyl (C=O) groups excluding carboxylic acids is 2. The predicted molar refractivity (Wildman–Crippen MR) is 106 cm³/mol. The number of ether oxygens (including phenoxy) is 2. The average Bonchev–Trinajstić information content (AvgIpc) is 3.16. The molecule has 0 saturated carbocycles. The first-order valence-corrected chi connectivity index (χ1v) is 9.23.